The van der Waals surface area contributed by atoms with Crippen LogP contribution in [0.3, 0.4) is 0 Å². The van der Waals surface area contributed by atoms with Crippen molar-refractivity contribution >= 4 is 23.1 Å². The van der Waals surface area contributed by atoms with E-state index in [1.165, 1.54) is 0 Å². The van der Waals surface area contributed by atoms with Crippen LogP contribution in [0.2, 0.25) is 0 Å². The maximum absolute atomic E-state index is 5.29. The van der Waals surface area contributed by atoms with E-state index in [9.17, 15) is 0 Å². The Bertz CT molecular complexity index is 312. The lowest BCUT2D eigenvalue weighted by Gasteiger charge is -2.19. The fourth-order valence-electron chi connectivity index (χ4n) is 1.46. The van der Waals surface area contributed by atoms with Gasteiger partial charge in [0.1, 0.15) is 6.61 Å². The van der Waals surface area contributed by atoms with E-state index in [1.807, 2.05) is 35.2 Å². The van der Waals surface area contributed by atoms with E-state index < -0.39 is 0 Å². The fraction of sp³-hybridized carbons (Fsp3) is 0.300. The van der Waals surface area contributed by atoms with Gasteiger partial charge in [0.2, 0.25) is 0 Å². The quantitative estimate of drug-likeness (QED) is 0.634. The molecular formula is C10H11NOS. The zero-order valence-corrected chi connectivity index (χ0v) is 8.25. The Hall–Kier alpha value is -1.09. The normalized spacial score (nSPS) is 21.8. The molecule has 0 amide bonds. The minimum atomic E-state index is 0.342. The molecule has 0 aliphatic carbocycles. The second-order valence-electron chi connectivity index (χ2n) is 3.13. The van der Waals surface area contributed by atoms with Gasteiger partial charge >= 0.3 is 0 Å². The summed E-state index contributed by atoms with van der Waals surface area (Å²) in [6.07, 6.45) is 0. The number of anilines is 1. The van der Waals surface area contributed by atoms with E-state index in [-0.39, 0.29) is 0 Å². The van der Waals surface area contributed by atoms with Crippen molar-refractivity contribution in [3.05, 3.63) is 30.3 Å². The van der Waals surface area contributed by atoms with E-state index >= 15 is 0 Å². The largest absolute Gasteiger partial charge is 0.468 e. The highest BCUT2D eigenvalue weighted by Crippen LogP contribution is 2.22. The average Bonchev–Trinajstić information content (AvgIpc) is 2.48. The lowest BCUT2D eigenvalue weighted by atomic mass is 10.2. The van der Waals surface area contributed by atoms with E-state index in [4.69, 9.17) is 17.0 Å². The summed E-state index contributed by atoms with van der Waals surface area (Å²) < 4.78 is 5.29. The van der Waals surface area contributed by atoms with E-state index in [0.29, 0.717) is 17.8 Å². The van der Waals surface area contributed by atoms with Crippen LogP contribution in [0.4, 0.5) is 5.69 Å². The summed E-state index contributed by atoms with van der Waals surface area (Å²) in [5.41, 5.74) is 1.11. The third-order valence-electron chi connectivity index (χ3n) is 2.12. The lowest BCUT2D eigenvalue weighted by Crippen LogP contribution is -2.30. The second kappa shape index (κ2) is 3.34. The summed E-state index contributed by atoms with van der Waals surface area (Å²) >= 11 is 5.10. The van der Waals surface area contributed by atoms with Gasteiger partial charge in [-0.2, -0.15) is 0 Å². The summed E-state index contributed by atoms with van der Waals surface area (Å²) in [6.45, 7) is 2.79. The van der Waals surface area contributed by atoms with Gasteiger partial charge in [0, 0.05) is 5.69 Å². The zero-order valence-electron chi connectivity index (χ0n) is 7.43. The molecule has 0 bridgehead atoms. The first-order valence-corrected chi connectivity index (χ1v) is 4.71. The summed E-state index contributed by atoms with van der Waals surface area (Å²) in [5, 5.41) is 0.582. The van der Waals surface area contributed by atoms with Gasteiger partial charge in [0.15, 0.2) is 0 Å². The molecule has 1 fully saturated rings. The lowest BCUT2D eigenvalue weighted by molar-refractivity contribution is 0.339. The first-order chi connectivity index (χ1) is 6.29. The first kappa shape index (κ1) is 8.51. The predicted molar refractivity (Wildman–Crippen MR) is 56.9 cm³/mol. The van der Waals surface area contributed by atoms with Crippen LogP contribution < -0.4 is 4.90 Å². The molecule has 1 aromatic carbocycles. The Morgan fingerprint density at radius 3 is 2.62 bits per heavy atom. The van der Waals surface area contributed by atoms with Crippen LogP contribution in [0.15, 0.2) is 30.3 Å². The molecule has 13 heavy (non-hydrogen) atoms. The van der Waals surface area contributed by atoms with Gasteiger partial charge in [-0.15, -0.1) is 0 Å². The Labute approximate surface area is 83.1 Å². The molecule has 2 rings (SSSR count). The number of nitrogens with zero attached hydrogens (tertiary/aromatic N) is 1. The van der Waals surface area contributed by atoms with Gasteiger partial charge in [-0.3, -0.25) is 4.90 Å². The first-order valence-electron chi connectivity index (χ1n) is 4.30. The average molecular weight is 193 g/mol. The van der Waals surface area contributed by atoms with E-state index in [2.05, 4.69) is 6.92 Å². The van der Waals surface area contributed by atoms with Crippen molar-refractivity contribution in [2.45, 2.75) is 13.0 Å². The molecule has 0 radical (unpaired) electrons. The highest BCUT2D eigenvalue weighted by molar-refractivity contribution is 7.80. The number of ether oxygens (including phenoxy) is 1. The van der Waals surface area contributed by atoms with Crippen molar-refractivity contribution in [3.8, 4) is 0 Å². The monoisotopic (exact) mass is 193 g/mol. The number of hydrogen-bond acceptors (Lipinski definition) is 2. The Balaban J connectivity index is 2.30. The maximum Gasteiger partial charge on any atom is 0.264 e. The van der Waals surface area contributed by atoms with Crippen LogP contribution >= 0.6 is 12.2 Å². The summed E-state index contributed by atoms with van der Waals surface area (Å²) in [6, 6.07) is 10.4. The van der Waals surface area contributed by atoms with E-state index in [0.717, 1.165) is 5.69 Å². The molecule has 1 aliphatic heterocycles. The standard InChI is InChI=1S/C10H11NOS/c1-8-7-12-10(13)11(8)9-5-3-2-4-6-9/h2-6,8H,7H2,1H3. The van der Waals surface area contributed by atoms with Gasteiger partial charge < -0.3 is 4.74 Å². The molecule has 0 aromatic heterocycles. The Morgan fingerprint density at radius 2 is 2.08 bits per heavy atom. The predicted octanol–water partition coefficient (Wildman–Crippen LogP) is 2.20. The van der Waals surface area contributed by atoms with Crippen LogP contribution in [-0.4, -0.2) is 17.8 Å². The Morgan fingerprint density at radius 1 is 1.38 bits per heavy atom. The summed E-state index contributed by atoms with van der Waals surface area (Å²) in [7, 11) is 0. The van der Waals surface area contributed by atoms with Crippen molar-refractivity contribution in [3.63, 3.8) is 0 Å². The highest BCUT2D eigenvalue weighted by Gasteiger charge is 2.26. The van der Waals surface area contributed by atoms with Gasteiger partial charge in [-0.1, -0.05) is 18.2 Å². The molecular weight excluding hydrogens is 182 g/mol. The molecule has 2 nitrogen and oxygen atoms in total. The number of benzene rings is 1. The number of para-hydroxylation sites is 1. The summed E-state index contributed by atoms with van der Waals surface area (Å²) in [5.74, 6) is 0. The maximum atomic E-state index is 5.29. The number of thiocarbonyl (C=S) groups is 1. The molecule has 1 atom stereocenters. The SMILES string of the molecule is CC1COC(=S)N1c1ccccc1. The van der Waals surface area contributed by atoms with Crippen LogP contribution in [-0.2, 0) is 4.74 Å². The van der Waals surface area contributed by atoms with Gasteiger partial charge in [0.05, 0.1) is 6.04 Å². The molecule has 0 spiro atoms. The number of rotatable bonds is 1. The highest BCUT2D eigenvalue weighted by atomic mass is 32.1. The topological polar surface area (TPSA) is 12.5 Å². The van der Waals surface area contributed by atoms with Crippen molar-refractivity contribution in [2.24, 2.45) is 0 Å². The van der Waals surface area contributed by atoms with Crippen LogP contribution in [0.25, 0.3) is 0 Å². The molecule has 1 heterocycles. The fourth-order valence-corrected chi connectivity index (χ4v) is 1.82. The Kier molecular flexibility index (Phi) is 2.19. The molecule has 1 unspecified atom stereocenters. The second-order valence-corrected chi connectivity index (χ2v) is 3.48. The van der Waals surface area contributed by atoms with Crippen LogP contribution in [0.1, 0.15) is 6.92 Å². The smallest absolute Gasteiger partial charge is 0.264 e. The molecule has 0 saturated carbocycles. The van der Waals surface area contributed by atoms with Crippen molar-refractivity contribution in [2.75, 3.05) is 11.5 Å². The van der Waals surface area contributed by atoms with Crippen molar-refractivity contribution in [1.82, 2.24) is 0 Å². The molecule has 1 aliphatic rings. The molecule has 3 heteroatoms. The molecule has 68 valence electrons. The third-order valence-corrected chi connectivity index (χ3v) is 2.43. The molecule has 0 N–H and O–H groups in total. The number of hydrogen-bond donors (Lipinski definition) is 0. The molecule has 1 aromatic rings. The van der Waals surface area contributed by atoms with E-state index in [1.54, 1.807) is 0 Å². The van der Waals surface area contributed by atoms with Crippen LogP contribution in [0.5, 0.6) is 0 Å². The van der Waals surface area contributed by atoms with Gasteiger partial charge in [-0.25, -0.2) is 0 Å². The van der Waals surface area contributed by atoms with Crippen molar-refractivity contribution < 1.29 is 4.74 Å². The van der Waals surface area contributed by atoms with Gasteiger partial charge in [0.25, 0.3) is 5.17 Å². The summed E-state index contributed by atoms with van der Waals surface area (Å²) in [4.78, 5) is 2.04. The van der Waals surface area contributed by atoms with Crippen molar-refractivity contribution in [1.29, 1.82) is 0 Å². The third kappa shape index (κ3) is 1.52. The van der Waals surface area contributed by atoms with Crippen LogP contribution in [0, 0.1) is 0 Å². The van der Waals surface area contributed by atoms with Gasteiger partial charge in [-0.05, 0) is 31.3 Å². The minimum Gasteiger partial charge on any atom is -0.468 e. The molecule has 1 saturated heterocycles. The zero-order chi connectivity index (χ0) is 9.26. The minimum absolute atomic E-state index is 0.342.